The second-order valence-corrected chi connectivity index (χ2v) is 8.75. The zero-order valence-corrected chi connectivity index (χ0v) is 14.7. The van der Waals surface area contributed by atoms with Gasteiger partial charge in [0.25, 0.3) is 10.0 Å². The van der Waals surface area contributed by atoms with Gasteiger partial charge in [-0.2, -0.15) is 9.40 Å². The average Bonchev–Trinajstić information content (AvgIpc) is 3.10. The highest BCUT2D eigenvalue weighted by Crippen LogP contribution is 2.27. The van der Waals surface area contributed by atoms with Crippen molar-refractivity contribution in [2.45, 2.75) is 36.7 Å². The third-order valence-electron chi connectivity index (χ3n) is 3.88. The number of aliphatic hydroxyl groups is 1. The number of primary amides is 1. The molecule has 0 radical (unpaired) electrons. The molecule has 8 nitrogen and oxygen atoms in total. The van der Waals surface area contributed by atoms with E-state index in [1.807, 2.05) is 0 Å². The Morgan fingerprint density at radius 1 is 1.42 bits per heavy atom. The first-order valence-electron chi connectivity index (χ1n) is 7.42. The molecule has 2 aromatic heterocycles. The van der Waals surface area contributed by atoms with Gasteiger partial charge in [-0.3, -0.25) is 9.48 Å². The van der Waals surface area contributed by atoms with Crippen LogP contribution in [0.1, 0.15) is 41.2 Å². The van der Waals surface area contributed by atoms with Crippen LogP contribution in [0.25, 0.3) is 0 Å². The fourth-order valence-corrected chi connectivity index (χ4v) is 5.34. The molecule has 0 bridgehead atoms. The molecule has 0 fully saturated rings. The van der Waals surface area contributed by atoms with E-state index in [4.69, 9.17) is 5.73 Å². The van der Waals surface area contributed by atoms with Crippen LogP contribution in [0.4, 0.5) is 0 Å². The molecule has 3 N–H and O–H groups in total. The van der Waals surface area contributed by atoms with E-state index in [0.29, 0.717) is 25.2 Å². The first kappa shape index (κ1) is 17.1. The normalized spacial score (nSPS) is 17.2. The summed E-state index contributed by atoms with van der Waals surface area (Å²) in [6.07, 6.45) is -0.0915. The Hall–Kier alpha value is -1.75. The molecule has 0 saturated heterocycles. The monoisotopic (exact) mass is 370 g/mol. The first-order chi connectivity index (χ1) is 11.3. The molecule has 1 unspecified atom stereocenters. The zero-order chi connectivity index (χ0) is 17.5. The topological polar surface area (TPSA) is 119 Å². The fourth-order valence-electron chi connectivity index (χ4n) is 2.57. The number of nitrogens with zero attached hydrogens (tertiary/aromatic N) is 3. The molecule has 3 rings (SSSR count). The Bertz CT molecular complexity index is 869. The number of rotatable bonds is 4. The predicted molar refractivity (Wildman–Crippen MR) is 87.9 cm³/mol. The second-order valence-electron chi connectivity index (χ2n) is 5.67. The lowest BCUT2D eigenvalue weighted by Gasteiger charge is -2.18. The van der Waals surface area contributed by atoms with Gasteiger partial charge in [0, 0.05) is 18.5 Å². The van der Waals surface area contributed by atoms with Gasteiger partial charge in [-0.15, -0.1) is 11.3 Å². The van der Waals surface area contributed by atoms with Crippen LogP contribution in [0.2, 0.25) is 0 Å². The molecule has 1 amide bonds. The zero-order valence-electron chi connectivity index (χ0n) is 13.0. The highest BCUT2D eigenvalue weighted by Gasteiger charge is 2.30. The van der Waals surface area contributed by atoms with E-state index in [9.17, 15) is 18.3 Å². The van der Waals surface area contributed by atoms with E-state index in [1.54, 1.807) is 17.7 Å². The fraction of sp³-hybridized carbons (Fsp3) is 0.429. The van der Waals surface area contributed by atoms with E-state index < -0.39 is 22.0 Å². The van der Waals surface area contributed by atoms with Crippen LogP contribution in [-0.4, -0.2) is 40.1 Å². The quantitative estimate of drug-likeness (QED) is 0.821. The van der Waals surface area contributed by atoms with Gasteiger partial charge in [0.05, 0.1) is 29.6 Å². The maximum atomic E-state index is 12.8. The van der Waals surface area contributed by atoms with Crippen molar-refractivity contribution in [2.75, 3.05) is 6.54 Å². The predicted octanol–water partition coefficient (Wildman–Crippen LogP) is 0.691. The largest absolute Gasteiger partial charge is 0.387 e. The lowest BCUT2D eigenvalue weighted by molar-refractivity contribution is 0.100. The number of carbonyl (C=O) groups is 1. The number of nitrogens with two attached hydrogens (primary N) is 1. The molecule has 24 heavy (non-hydrogen) atoms. The Morgan fingerprint density at radius 2 is 2.17 bits per heavy atom. The van der Waals surface area contributed by atoms with Crippen LogP contribution in [0.15, 0.2) is 21.7 Å². The Kier molecular flexibility index (Phi) is 4.47. The van der Waals surface area contributed by atoms with Crippen LogP contribution in [-0.2, 0) is 23.1 Å². The third kappa shape index (κ3) is 3.09. The lowest BCUT2D eigenvalue weighted by atomic mass is 10.2. The van der Waals surface area contributed by atoms with Crippen LogP contribution >= 0.6 is 11.3 Å². The van der Waals surface area contributed by atoms with Crippen molar-refractivity contribution in [3.05, 3.63) is 34.5 Å². The van der Waals surface area contributed by atoms with Crippen LogP contribution in [0.3, 0.4) is 0 Å². The Balaban J connectivity index is 1.91. The number of amides is 1. The van der Waals surface area contributed by atoms with Crippen LogP contribution in [0.5, 0.6) is 0 Å². The van der Waals surface area contributed by atoms with Gasteiger partial charge in [0.1, 0.15) is 4.21 Å². The summed E-state index contributed by atoms with van der Waals surface area (Å²) in [4.78, 5) is 11.2. The Morgan fingerprint density at radius 3 is 2.79 bits per heavy atom. The van der Waals surface area contributed by atoms with Crippen molar-refractivity contribution >= 4 is 27.3 Å². The standard InChI is InChI=1S/C14H18N4O4S2/c1-9(19)12-6-11-7-17(3-2-4-18(11)16-12)24(21,22)13-5-10(8-23-13)14(15)20/h5-6,8-9,19H,2-4,7H2,1H3,(H2,15,20). The van der Waals surface area contributed by atoms with E-state index in [-0.39, 0.29) is 16.3 Å². The SMILES string of the molecule is CC(O)c1cc2n(n1)CCCN(S(=O)(=O)c1cc(C(N)=O)cs1)C2. The maximum absolute atomic E-state index is 12.8. The van der Waals surface area contributed by atoms with Gasteiger partial charge in [-0.1, -0.05) is 0 Å². The molecule has 3 heterocycles. The maximum Gasteiger partial charge on any atom is 0.252 e. The summed E-state index contributed by atoms with van der Waals surface area (Å²) in [6.45, 7) is 2.74. The van der Waals surface area contributed by atoms with Gasteiger partial charge >= 0.3 is 0 Å². The van der Waals surface area contributed by atoms with Gasteiger partial charge in [0.2, 0.25) is 5.91 Å². The first-order valence-corrected chi connectivity index (χ1v) is 9.74. The number of aromatic nitrogens is 2. The van der Waals surface area contributed by atoms with Gasteiger partial charge in [-0.25, -0.2) is 8.42 Å². The van der Waals surface area contributed by atoms with Crippen LogP contribution < -0.4 is 5.73 Å². The molecule has 130 valence electrons. The van der Waals surface area contributed by atoms with Gasteiger partial charge in [0.15, 0.2) is 0 Å². The molecule has 0 spiro atoms. The van der Waals surface area contributed by atoms with E-state index in [2.05, 4.69) is 5.10 Å². The van der Waals surface area contributed by atoms with Crippen molar-refractivity contribution in [3.8, 4) is 0 Å². The van der Waals surface area contributed by atoms with E-state index in [0.717, 1.165) is 17.0 Å². The number of aliphatic hydroxyl groups excluding tert-OH is 1. The van der Waals surface area contributed by atoms with Gasteiger partial charge < -0.3 is 10.8 Å². The Labute approximate surface area is 143 Å². The molecule has 1 aliphatic rings. The summed E-state index contributed by atoms with van der Waals surface area (Å²) in [5.41, 5.74) is 6.64. The van der Waals surface area contributed by atoms with Crippen LogP contribution in [0, 0.1) is 0 Å². The number of thiophene rings is 1. The number of sulfonamides is 1. The summed E-state index contributed by atoms with van der Waals surface area (Å²) >= 11 is 0.984. The van der Waals surface area contributed by atoms with Gasteiger partial charge in [-0.05, 0) is 25.5 Å². The molecule has 0 aromatic carbocycles. The summed E-state index contributed by atoms with van der Waals surface area (Å²) < 4.78 is 28.9. The van der Waals surface area contributed by atoms with E-state index in [1.165, 1.54) is 15.8 Å². The molecule has 1 aliphatic heterocycles. The summed E-state index contributed by atoms with van der Waals surface area (Å²) in [5, 5.41) is 15.4. The minimum atomic E-state index is -3.71. The van der Waals surface area contributed by atoms with E-state index >= 15 is 0 Å². The molecular formula is C14H18N4O4S2. The third-order valence-corrected chi connectivity index (χ3v) is 7.14. The molecule has 1 atom stereocenters. The smallest absolute Gasteiger partial charge is 0.252 e. The van der Waals surface area contributed by atoms with Crippen molar-refractivity contribution in [1.82, 2.24) is 14.1 Å². The lowest BCUT2D eigenvalue weighted by Crippen LogP contribution is -2.30. The highest BCUT2D eigenvalue weighted by atomic mass is 32.2. The minimum Gasteiger partial charge on any atom is -0.387 e. The molecule has 0 aliphatic carbocycles. The van der Waals surface area contributed by atoms with Crippen molar-refractivity contribution < 1.29 is 18.3 Å². The minimum absolute atomic E-state index is 0.0972. The number of hydrogen-bond donors (Lipinski definition) is 2. The number of aryl methyl sites for hydroxylation is 1. The number of carbonyl (C=O) groups excluding carboxylic acids is 1. The molecule has 2 aromatic rings. The number of fused-ring (bicyclic) bond motifs is 1. The molecular weight excluding hydrogens is 352 g/mol. The highest BCUT2D eigenvalue weighted by molar-refractivity contribution is 7.91. The molecule has 10 heteroatoms. The average molecular weight is 370 g/mol. The van der Waals surface area contributed by atoms with Crippen molar-refractivity contribution in [3.63, 3.8) is 0 Å². The summed E-state index contributed by atoms with van der Waals surface area (Å²) in [6, 6.07) is 3.04. The summed E-state index contributed by atoms with van der Waals surface area (Å²) in [7, 11) is -3.71. The van der Waals surface area contributed by atoms with Crippen molar-refractivity contribution in [1.29, 1.82) is 0 Å². The molecule has 0 saturated carbocycles. The second kappa shape index (κ2) is 6.28. The summed E-state index contributed by atoms with van der Waals surface area (Å²) in [5.74, 6) is -0.650. The number of hydrogen-bond acceptors (Lipinski definition) is 6. The van der Waals surface area contributed by atoms with Crippen molar-refractivity contribution in [2.24, 2.45) is 5.73 Å².